The van der Waals surface area contributed by atoms with Gasteiger partial charge in [-0.3, -0.25) is 9.69 Å². The minimum Gasteiger partial charge on any atom is -0.322 e. The highest BCUT2D eigenvalue weighted by Gasteiger charge is 2.19. The summed E-state index contributed by atoms with van der Waals surface area (Å²) in [5.41, 5.74) is 1.30. The van der Waals surface area contributed by atoms with Crippen molar-refractivity contribution in [2.45, 2.75) is 19.5 Å². The number of nitrogens with one attached hydrogen (secondary N) is 1. The molecule has 2 aromatic rings. The number of para-hydroxylation sites is 1. The zero-order chi connectivity index (χ0) is 16.1. The summed E-state index contributed by atoms with van der Waals surface area (Å²) in [4.78, 5) is 14.2. The summed E-state index contributed by atoms with van der Waals surface area (Å²) in [6.45, 7) is 2.42. The summed E-state index contributed by atoms with van der Waals surface area (Å²) in [5.74, 6) is -0.670. The van der Waals surface area contributed by atoms with E-state index in [9.17, 15) is 9.18 Å². The van der Waals surface area contributed by atoms with Crippen LogP contribution in [0.2, 0.25) is 0 Å². The van der Waals surface area contributed by atoms with E-state index >= 15 is 0 Å². The number of nitrogens with zero attached hydrogens (tertiary/aromatic N) is 1. The first-order chi connectivity index (χ1) is 10.5. The largest absolute Gasteiger partial charge is 0.322 e. The number of hydrogen-bond donors (Lipinski definition) is 1. The minimum absolute atomic E-state index is 0.202. The lowest BCUT2D eigenvalue weighted by Crippen LogP contribution is -2.39. The van der Waals surface area contributed by atoms with Crippen LogP contribution in [0.4, 0.5) is 10.1 Å². The van der Waals surface area contributed by atoms with Gasteiger partial charge in [-0.05, 0) is 37.7 Å². The molecule has 0 aliphatic rings. The Morgan fingerprint density at radius 2 is 1.86 bits per heavy atom. The van der Waals surface area contributed by atoms with E-state index in [0.29, 0.717) is 6.54 Å². The van der Waals surface area contributed by atoms with Crippen LogP contribution >= 0.6 is 15.9 Å². The van der Waals surface area contributed by atoms with Crippen LogP contribution in [0.15, 0.2) is 53.0 Å². The molecular weight excluding hydrogens is 347 g/mol. The van der Waals surface area contributed by atoms with Gasteiger partial charge in [0.2, 0.25) is 5.91 Å². The summed E-state index contributed by atoms with van der Waals surface area (Å²) < 4.78 is 14.6. The Kier molecular flexibility index (Phi) is 5.69. The van der Waals surface area contributed by atoms with Crippen molar-refractivity contribution in [3.8, 4) is 0 Å². The van der Waals surface area contributed by atoms with Gasteiger partial charge in [0.15, 0.2) is 0 Å². The summed E-state index contributed by atoms with van der Waals surface area (Å²) >= 11 is 3.50. The maximum absolute atomic E-state index is 13.6. The summed E-state index contributed by atoms with van der Waals surface area (Å²) in [7, 11) is 1.87. The fraction of sp³-hybridized carbons (Fsp3) is 0.235. The van der Waals surface area contributed by atoms with E-state index in [4.69, 9.17) is 0 Å². The van der Waals surface area contributed by atoms with Crippen molar-refractivity contribution in [1.82, 2.24) is 4.90 Å². The molecule has 0 radical (unpaired) electrons. The van der Waals surface area contributed by atoms with Crippen LogP contribution in [0.1, 0.15) is 12.5 Å². The summed E-state index contributed by atoms with van der Waals surface area (Å²) in [5, 5.41) is 2.62. The van der Waals surface area contributed by atoms with Gasteiger partial charge in [0.1, 0.15) is 5.82 Å². The van der Waals surface area contributed by atoms with Crippen LogP contribution in [-0.2, 0) is 11.3 Å². The molecule has 22 heavy (non-hydrogen) atoms. The second-order valence-corrected chi connectivity index (χ2v) is 6.01. The number of anilines is 1. The summed E-state index contributed by atoms with van der Waals surface area (Å²) in [6, 6.07) is 13.6. The number of likely N-dealkylation sites (N-methyl/N-ethyl adjacent to an activating group) is 1. The van der Waals surface area contributed by atoms with Crippen LogP contribution in [0, 0.1) is 5.82 Å². The van der Waals surface area contributed by atoms with Crippen molar-refractivity contribution in [2.75, 3.05) is 12.4 Å². The third-order valence-corrected chi connectivity index (χ3v) is 4.32. The lowest BCUT2D eigenvalue weighted by Gasteiger charge is -2.24. The first kappa shape index (κ1) is 16.6. The predicted octanol–water partition coefficient (Wildman–Crippen LogP) is 4.05. The maximum atomic E-state index is 13.6. The van der Waals surface area contributed by atoms with Gasteiger partial charge in [-0.25, -0.2) is 4.39 Å². The van der Waals surface area contributed by atoms with Crippen LogP contribution in [-0.4, -0.2) is 23.9 Å². The van der Waals surface area contributed by atoms with E-state index in [1.54, 1.807) is 25.1 Å². The first-order valence-electron chi connectivity index (χ1n) is 6.98. The molecule has 0 bridgehead atoms. The zero-order valence-corrected chi connectivity index (χ0v) is 14.1. The molecule has 5 heteroatoms. The molecule has 2 rings (SSSR count). The normalized spacial score (nSPS) is 12.2. The van der Waals surface area contributed by atoms with E-state index in [-0.39, 0.29) is 17.6 Å². The molecule has 1 N–H and O–H groups in total. The monoisotopic (exact) mass is 364 g/mol. The Morgan fingerprint density at radius 3 is 2.55 bits per heavy atom. The van der Waals surface area contributed by atoms with Gasteiger partial charge in [0.05, 0.1) is 11.7 Å². The van der Waals surface area contributed by atoms with Crippen molar-refractivity contribution >= 4 is 27.5 Å². The number of rotatable bonds is 5. The highest BCUT2D eigenvalue weighted by molar-refractivity contribution is 9.10. The van der Waals surface area contributed by atoms with Crippen LogP contribution in [0.25, 0.3) is 0 Å². The lowest BCUT2D eigenvalue weighted by atomic mass is 10.2. The number of amides is 1. The second-order valence-electron chi connectivity index (χ2n) is 5.15. The second kappa shape index (κ2) is 7.51. The van der Waals surface area contributed by atoms with E-state index < -0.39 is 5.82 Å². The number of benzene rings is 2. The average molecular weight is 365 g/mol. The number of halogens is 2. The number of hydrogen-bond acceptors (Lipinski definition) is 2. The smallest absolute Gasteiger partial charge is 0.241 e. The van der Waals surface area contributed by atoms with Gasteiger partial charge < -0.3 is 5.32 Å². The molecule has 116 valence electrons. The molecule has 0 aliphatic carbocycles. The lowest BCUT2D eigenvalue weighted by molar-refractivity contribution is -0.120. The molecule has 0 saturated carbocycles. The maximum Gasteiger partial charge on any atom is 0.241 e. The third-order valence-electron chi connectivity index (χ3n) is 3.55. The van der Waals surface area contributed by atoms with Crippen molar-refractivity contribution in [3.63, 3.8) is 0 Å². The molecule has 3 nitrogen and oxygen atoms in total. The highest BCUT2D eigenvalue weighted by Crippen LogP contribution is 2.19. The van der Waals surface area contributed by atoms with Gasteiger partial charge in [0.25, 0.3) is 0 Å². The van der Waals surface area contributed by atoms with Gasteiger partial charge in [-0.1, -0.05) is 46.3 Å². The average Bonchev–Trinajstić information content (AvgIpc) is 2.51. The van der Waals surface area contributed by atoms with Crippen LogP contribution < -0.4 is 5.32 Å². The molecule has 0 aromatic heterocycles. The Labute approximate surface area is 138 Å². The van der Waals surface area contributed by atoms with Gasteiger partial charge in [0, 0.05) is 11.0 Å². The van der Waals surface area contributed by atoms with Gasteiger partial charge in [-0.2, -0.15) is 0 Å². The quantitative estimate of drug-likeness (QED) is 0.867. The standard InChI is InChI=1S/C17H18BrFN2O/c1-12(17(22)20-16-10-6-5-9-15(16)19)21(2)11-13-7-3-4-8-14(13)18/h3-10,12H,11H2,1-2H3,(H,20,22)/t12-/m1/s1. The molecule has 0 unspecified atom stereocenters. The molecule has 1 amide bonds. The molecule has 1 atom stereocenters. The Bertz CT molecular complexity index is 663. The fourth-order valence-corrected chi connectivity index (χ4v) is 2.44. The molecular formula is C17H18BrFN2O. The van der Waals surface area contributed by atoms with Crippen LogP contribution in [0.3, 0.4) is 0 Å². The number of carbonyl (C=O) groups excluding carboxylic acids is 1. The van der Waals surface area contributed by atoms with E-state index in [2.05, 4.69) is 21.2 Å². The molecule has 0 heterocycles. The third kappa shape index (κ3) is 4.15. The molecule has 2 aromatic carbocycles. The predicted molar refractivity (Wildman–Crippen MR) is 90.1 cm³/mol. The number of carbonyl (C=O) groups is 1. The molecule has 0 spiro atoms. The fourth-order valence-electron chi connectivity index (χ4n) is 2.03. The topological polar surface area (TPSA) is 32.3 Å². The Balaban J connectivity index is 2.01. The van der Waals surface area contributed by atoms with E-state index in [0.717, 1.165) is 10.0 Å². The zero-order valence-electron chi connectivity index (χ0n) is 12.5. The molecule has 0 fully saturated rings. The first-order valence-corrected chi connectivity index (χ1v) is 7.77. The van der Waals surface area contributed by atoms with Crippen molar-refractivity contribution in [2.24, 2.45) is 0 Å². The Hall–Kier alpha value is -1.72. The van der Waals surface area contributed by atoms with Crippen LogP contribution in [0.5, 0.6) is 0 Å². The van der Waals surface area contributed by atoms with Gasteiger partial charge in [-0.15, -0.1) is 0 Å². The SMILES string of the molecule is C[C@H](C(=O)Nc1ccccc1F)N(C)Cc1ccccc1Br. The Morgan fingerprint density at radius 1 is 1.23 bits per heavy atom. The summed E-state index contributed by atoms with van der Waals surface area (Å²) in [6.07, 6.45) is 0. The van der Waals surface area contributed by atoms with Crippen molar-refractivity contribution < 1.29 is 9.18 Å². The molecule has 0 saturated heterocycles. The van der Waals surface area contributed by atoms with Crippen molar-refractivity contribution in [1.29, 1.82) is 0 Å². The van der Waals surface area contributed by atoms with Crippen molar-refractivity contribution in [3.05, 3.63) is 64.4 Å². The minimum atomic E-state index is -0.434. The van der Waals surface area contributed by atoms with E-state index in [1.807, 2.05) is 36.2 Å². The highest BCUT2D eigenvalue weighted by atomic mass is 79.9. The van der Waals surface area contributed by atoms with Gasteiger partial charge >= 0.3 is 0 Å². The van der Waals surface area contributed by atoms with E-state index in [1.165, 1.54) is 6.07 Å². The molecule has 0 aliphatic heterocycles.